The van der Waals surface area contributed by atoms with Gasteiger partial charge >= 0.3 is 0 Å². The van der Waals surface area contributed by atoms with Crippen molar-refractivity contribution in [3.63, 3.8) is 0 Å². The van der Waals surface area contributed by atoms with Crippen molar-refractivity contribution in [1.29, 1.82) is 0 Å². The van der Waals surface area contributed by atoms with Crippen LogP contribution in [0.3, 0.4) is 0 Å². The zero-order chi connectivity index (χ0) is 11.5. The molecule has 82 valence electrons. The minimum atomic E-state index is 0.478. The summed E-state index contributed by atoms with van der Waals surface area (Å²) in [5, 5.41) is 2.68. The van der Waals surface area contributed by atoms with Crippen LogP contribution in [0.5, 0.6) is 0 Å². The molecular formula is C16H18. The first-order valence-electron chi connectivity index (χ1n) is 5.87. The second kappa shape index (κ2) is 4.52. The molecule has 0 saturated heterocycles. The normalized spacial score (nSPS) is 12.6. The number of rotatable bonds is 3. The molecule has 0 aliphatic rings. The van der Waals surface area contributed by atoms with E-state index < -0.39 is 0 Å². The summed E-state index contributed by atoms with van der Waals surface area (Å²) in [6.07, 6.45) is 1.11. The summed E-state index contributed by atoms with van der Waals surface area (Å²) in [5.41, 5.74) is 2.66. The predicted molar refractivity (Wildman–Crippen MR) is 71.8 cm³/mol. The molecule has 16 heavy (non-hydrogen) atoms. The summed E-state index contributed by atoms with van der Waals surface area (Å²) in [4.78, 5) is 0. The molecule has 0 N–H and O–H groups in total. The Morgan fingerprint density at radius 1 is 1.12 bits per heavy atom. The lowest BCUT2D eigenvalue weighted by atomic mass is 9.87. The number of hydrogen-bond acceptors (Lipinski definition) is 0. The Morgan fingerprint density at radius 3 is 2.50 bits per heavy atom. The molecule has 2 rings (SSSR count). The Morgan fingerprint density at radius 2 is 1.81 bits per heavy atom. The van der Waals surface area contributed by atoms with Gasteiger partial charge in [0.25, 0.3) is 0 Å². The van der Waals surface area contributed by atoms with Gasteiger partial charge in [0, 0.05) is 5.92 Å². The molecule has 0 amide bonds. The van der Waals surface area contributed by atoms with Crippen molar-refractivity contribution in [2.24, 2.45) is 0 Å². The van der Waals surface area contributed by atoms with Gasteiger partial charge in [-0.3, -0.25) is 0 Å². The standard InChI is InChI=1S/C16H18/c1-4-14(12(2)3)16-11-7-9-13-8-5-6-10-15(13)16/h5-11,14H,2,4H2,1,3H3. The SMILES string of the molecule is C=C(C)C(CC)c1cccc2ccccc12. The largest absolute Gasteiger partial charge is 0.0995 e. The van der Waals surface area contributed by atoms with Gasteiger partial charge in [-0.05, 0) is 29.7 Å². The van der Waals surface area contributed by atoms with Crippen LogP contribution in [0.1, 0.15) is 31.7 Å². The molecule has 0 aliphatic carbocycles. The van der Waals surface area contributed by atoms with E-state index in [0.29, 0.717) is 5.92 Å². The van der Waals surface area contributed by atoms with Gasteiger partial charge < -0.3 is 0 Å². The minimum absolute atomic E-state index is 0.478. The summed E-state index contributed by atoms with van der Waals surface area (Å²) < 4.78 is 0. The van der Waals surface area contributed by atoms with Crippen molar-refractivity contribution in [1.82, 2.24) is 0 Å². The van der Waals surface area contributed by atoms with Crippen LogP contribution in [-0.2, 0) is 0 Å². The third kappa shape index (κ3) is 1.88. The average molecular weight is 210 g/mol. The van der Waals surface area contributed by atoms with Crippen LogP contribution in [-0.4, -0.2) is 0 Å². The molecule has 2 aromatic rings. The fourth-order valence-electron chi connectivity index (χ4n) is 2.39. The van der Waals surface area contributed by atoms with E-state index in [2.05, 4.69) is 62.9 Å². The van der Waals surface area contributed by atoms with Gasteiger partial charge in [0.1, 0.15) is 0 Å². The quantitative estimate of drug-likeness (QED) is 0.631. The number of benzene rings is 2. The molecule has 0 heteroatoms. The van der Waals surface area contributed by atoms with E-state index in [1.165, 1.54) is 21.9 Å². The molecule has 2 aromatic carbocycles. The Balaban J connectivity index is 2.63. The van der Waals surface area contributed by atoms with Crippen LogP contribution in [0.15, 0.2) is 54.6 Å². The molecule has 0 nitrogen and oxygen atoms in total. The van der Waals surface area contributed by atoms with Crippen LogP contribution in [0.25, 0.3) is 10.8 Å². The first-order valence-corrected chi connectivity index (χ1v) is 5.87. The number of fused-ring (bicyclic) bond motifs is 1. The monoisotopic (exact) mass is 210 g/mol. The van der Waals surface area contributed by atoms with Crippen LogP contribution < -0.4 is 0 Å². The molecule has 1 atom stereocenters. The molecule has 0 fully saturated rings. The highest BCUT2D eigenvalue weighted by Gasteiger charge is 2.12. The van der Waals surface area contributed by atoms with Crippen LogP contribution in [0.2, 0.25) is 0 Å². The smallest absolute Gasteiger partial charge is 0.00462 e. The van der Waals surface area contributed by atoms with Gasteiger partial charge in [-0.15, -0.1) is 0 Å². The molecule has 0 aromatic heterocycles. The molecule has 0 aliphatic heterocycles. The Hall–Kier alpha value is -1.56. The summed E-state index contributed by atoms with van der Waals surface area (Å²) >= 11 is 0. The van der Waals surface area contributed by atoms with Crippen LogP contribution in [0.4, 0.5) is 0 Å². The Labute approximate surface area is 97.6 Å². The van der Waals surface area contributed by atoms with E-state index in [-0.39, 0.29) is 0 Å². The summed E-state index contributed by atoms with van der Waals surface area (Å²) in [6, 6.07) is 15.1. The zero-order valence-corrected chi connectivity index (χ0v) is 10.0. The average Bonchev–Trinajstić information content (AvgIpc) is 2.30. The maximum atomic E-state index is 4.11. The van der Waals surface area contributed by atoms with Gasteiger partial charge in [0.2, 0.25) is 0 Å². The van der Waals surface area contributed by atoms with Crippen molar-refractivity contribution in [2.45, 2.75) is 26.2 Å². The zero-order valence-electron chi connectivity index (χ0n) is 10.0. The fourth-order valence-corrected chi connectivity index (χ4v) is 2.39. The van der Waals surface area contributed by atoms with Crippen molar-refractivity contribution < 1.29 is 0 Å². The van der Waals surface area contributed by atoms with Crippen molar-refractivity contribution in [3.8, 4) is 0 Å². The van der Waals surface area contributed by atoms with E-state index >= 15 is 0 Å². The van der Waals surface area contributed by atoms with Gasteiger partial charge in [0.15, 0.2) is 0 Å². The summed E-state index contributed by atoms with van der Waals surface area (Å²) in [7, 11) is 0. The first-order chi connectivity index (χ1) is 7.74. The molecule has 0 spiro atoms. The minimum Gasteiger partial charge on any atom is -0.0995 e. The van der Waals surface area contributed by atoms with Crippen molar-refractivity contribution in [3.05, 3.63) is 60.2 Å². The first kappa shape index (κ1) is 10.9. The lowest BCUT2D eigenvalue weighted by Gasteiger charge is -2.17. The highest BCUT2D eigenvalue weighted by atomic mass is 14.2. The number of allylic oxidation sites excluding steroid dienone is 1. The Bertz CT molecular complexity index is 503. The molecule has 0 heterocycles. The van der Waals surface area contributed by atoms with Gasteiger partial charge in [-0.2, -0.15) is 0 Å². The Kier molecular flexibility index (Phi) is 3.09. The van der Waals surface area contributed by atoms with E-state index in [1.54, 1.807) is 0 Å². The van der Waals surface area contributed by atoms with Gasteiger partial charge in [-0.25, -0.2) is 0 Å². The van der Waals surface area contributed by atoms with E-state index in [1.807, 2.05) is 0 Å². The fraction of sp³-hybridized carbons (Fsp3) is 0.250. The van der Waals surface area contributed by atoms with E-state index in [9.17, 15) is 0 Å². The van der Waals surface area contributed by atoms with E-state index in [4.69, 9.17) is 0 Å². The van der Waals surface area contributed by atoms with Gasteiger partial charge in [-0.1, -0.05) is 61.5 Å². The van der Waals surface area contributed by atoms with Crippen molar-refractivity contribution >= 4 is 10.8 Å². The predicted octanol–water partition coefficient (Wildman–Crippen LogP) is 4.91. The highest BCUT2D eigenvalue weighted by molar-refractivity contribution is 5.86. The highest BCUT2D eigenvalue weighted by Crippen LogP contribution is 2.31. The maximum Gasteiger partial charge on any atom is 0.00462 e. The van der Waals surface area contributed by atoms with Gasteiger partial charge in [0.05, 0.1) is 0 Å². The third-order valence-electron chi connectivity index (χ3n) is 3.20. The molecule has 0 bridgehead atoms. The topological polar surface area (TPSA) is 0 Å². The molecule has 1 unspecified atom stereocenters. The number of hydrogen-bond donors (Lipinski definition) is 0. The maximum absolute atomic E-state index is 4.11. The summed E-state index contributed by atoms with van der Waals surface area (Å²) in [6.45, 7) is 8.45. The van der Waals surface area contributed by atoms with E-state index in [0.717, 1.165) is 6.42 Å². The molecular weight excluding hydrogens is 192 g/mol. The van der Waals surface area contributed by atoms with Crippen molar-refractivity contribution in [2.75, 3.05) is 0 Å². The lowest BCUT2D eigenvalue weighted by Crippen LogP contribution is -1.98. The molecule has 0 radical (unpaired) electrons. The molecule has 0 saturated carbocycles. The van der Waals surface area contributed by atoms with Crippen LogP contribution in [0, 0.1) is 0 Å². The lowest BCUT2D eigenvalue weighted by molar-refractivity contribution is 0.768. The summed E-state index contributed by atoms with van der Waals surface area (Å²) in [5.74, 6) is 0.478. The second-order valence-electron chi connectivity index (χ2n) is 4.38. The van der Waals surface area contributed by atoms with Crippen LogP contribution >= 0.6 is 0 Å². The second-order valence-corrected chi connectivity index (χ2v) is 4.38. The third-order valence-corrected chi connectivity index (χ3v) is 3.20.